The maximum absolute atomic E-state index is 5.47. The average molecular weight is 286 g/mol. The smallest absolute Gasteiger partial charge is 0.282 e. The Morgan fingerprint density at radius 2 is 1.81 bits per heavy atom. The van der Waals surface area contributed by atoms with Gasteiger partial charge in [0.1, 0.15) is 0 Å². The van der Waals surface area contributed by atoms with Crippen molar-refractivity contribution in [1.29, 1.82) is 0 Å². The zero-order valence-electron chi connectivity index (χ0n) is 13.1. The number of hydrogen-bond donors (Lipinski definition) is 1. The molecule has 0 spiro atoms. The Morgan fingerprint density at radius 3 is 2.48 bits per heavy atom. The van der Waals surface area contributed by atoms with Gasteiger partial charge in [0.15, 0.2) is 6.54 Å². The van der Waals surface area contributed by atoms with E-state index >= 15 is 0 Å². The van der Waals surface area contributed by atoms with Crippen molar-refractivity contribution in [3.63, 3.8) is 0 Å². The predicted molar refractivity (Wildman–Crippen MR) is 81.9 cm³/mol. The lowest BCUT2D eigenvalue weighted by atomic mass is 9.98. The van der Waals surface area contributed by atoms with E-state index in [9.17, 15) is 0 Å². The molecule has 1 aliphatic rings. The van der Waals surface area contributed by atoms with Crippen molar-refractivity contribution in [2.45, 2.75) is 58.7 Å². The molecule has 1 N–H and O–H groups in total. The first kappa shape index (κ1) is 14.3. The second-order valence-electron chi connectivity index (χ2n) is 6.36. The molecule has 2 atom stereocenters. The minimum Gasteiger partial charge on any atom is -0.333 e. The molecule has 1 aliphatic heterocycles. The monoisotopic (exact) mass is 286 g/mol. The lowest BCUT2D eigenvalue weighted by molar-refractivity contribution is -0.965. The molecule has 112 valence electrons. The first-order valence-corrected chi connectivity index (χ1v) is 7.88. The van der Waals surface area contributed by atoms with Crippen molar-refractivity contribution in [1.82, 2.24) is 10.1 Å². The van der Waals surface area contributed by atoms with Crippen LogP contribution >= 0.6 is 0 Å². The van der Waals surface area contributed by atoms with E-state index in [1.165, 1.54) is 24.8 Å². The van der Waals surface area contributed by atoms with E-state index in [2.05, 4.69) is 43.0 Å². The van der Waals surface area contributed by atoms with Gasteiger partial charge in [-0.15, -0.1) is 0 Å². The SMILES string of the molecule is Cc1ccc(-c2noc(C[NH+]3[C@@H](C)CCC[C@@H]3C)n2)cc1. The lowest BCUT2D eigenvalue weighted by Gasteiger charge is -2.34. The molecule has 0 bridgehead atoms. The van der Waals surface area contributed by atoms with Crippen LogP contribution in [0.1, 0.15) is 44.6 Å². The fourth-order valence-corrected chi connectivity index (χ4v) is 3.26. The van der Waals surface area contributed by atoms with Crippen LogP contribution in [0.25, 0.3) is 11.4 Å². The van der Waals surface area contributed by atoms with Crippen LogP contribution in [0, 0.1) is 6.92 Å². The minimum absolute atomic E-state index is 0.670. The van der Waals surface area contributed by atoms with Gasteiger partial charge in [0.25, 0.3) is 5.89 Å². The summed E-state index contributed by atoms with van der Waals surface area (Å²) in [4.78, 5) is 6.14. The number of nitrogens with zero attached hydrogens (tertiary/aromatic N) is 2. The molecule has 0 aliphatic carbocycles. The third-order valence-corrected chi connectivity index (χ3v) is 4.67. The van der Waals surface area contributed by atoms with Gasteiger partial charge < -0.3 is 9.42 Å². The van der Waals surface area contributed by atoms with Crippen molar-refractivity contribution in [3.8, 4) is 11.4 Å². The number of aryl methyl sites for hydroxylation is 1. The number of piperidine rings is 1. The number of hydrogen-bond acceptors (Lipinski definition) is 3. The van der Waals surface area contributed by atoms with Crippen molar-refractivity contribution in [2.24, 2.45) is 0 Å². The Bertz CT molecular complexity index is 580. The first-order chi connectivity index (χ1) is 10.1. The summed E-state index contributed by atoms with van der Waals surface area (Å²) in [6.45, 7) is 7.56. The largest absolute Gasteiger partial charge is 0.333 e. The highest BCUT2D eigenvalue weighted by Crippen LogP contribution is 2.16. The summed E-state index contributed by atoms with van der Waals surface area (Å²) < 4.78 is 5.47. The van der Waals surface area contributed by atoms with E-state index in [1.807, 2.05) is 12.1 Å². The van der Waals surface area contributed by atoms with Gasteiger partial charge in [-0.05, 0) is 40.0 Å². The zero-order valence-corrected chi connectivity index (χ0v) is 13.1. The van der Waals surface area contributed by atoms with Gasteiger partial charge >= 0.3 is 0 Å². The molecular weight excluding hydrogens is 262 g/mol. The molecule has 4 heteroatoms. The van der Waals surface area contributed by atoms with Crippen LogP contribution in [0.2, 0.25) is 0 Å². The molecule has 1 saturated heterocycles. The van der Waals surface area contributed by atoms with Crippen molar-refractivity contribution in [3.05, 3.63) is 35.7 Å². The molecule has 0 radical (unpaired) electrons. The van der Waals surface area contributed by atoms with Crippen molar-refractivity contribution >= 4 is 0 Å². The number of nitrogens with one attached hydrogen (secondary N) is 1. The number of aromatic nitrogens is 2. The van der Waals surface area contributed by atoms with Gasteiger partial charge in [0, 0.05) is 5.56 Å². The van der Waals surface area contributed by atoms with Gasteiger partial charge in [0.2, 0.25) is 5.82 Å². The van der Waals surface area contributed by atoms with Crippen LogP contribution in [-0.4, -0.2) is 22.2 Å². The normalized spacial score (nSPS) is 23.4. The number of quaternary nitrogens is 1. The van der Waals surface area contributed by atoms with Gasteiger partial charge in [-0.25, -0.2) is 0 Å². The highest BCUT2D eigenvalue weighted by atomic mass is 16.5. The van der Waals surface area contributed by atoms with E-state index in [0.29, 0.717) is 17.9 Å². The van der Waals surface area contributed by atoms with Crippen LogP contribution in [0.4, 0.5) is 0 Å². The molecule has 0 unspecified atom stereocenters. The molecular formula is C17H24N3O+. The van der Waals surface area contributed by atoms with E-state index < -0.39 is 0 Å². The summed E-state index contributed by atoms with van der Waals surface area (Å²) >= 11 is 0. The molecule has 4 nitrogen and oxygen atoms in total. The third kappa shape index (κ3) is 3.16. The van der Waals surface area contributed by atoms with Crippen molar-refractivity contribution in [2.75, 3.05) is 0 Å². The molecule has 21 heavy (non-hydrogen) atoms. The molecule has 2 heterocycles. The number of likely N-dealkylation sites (tertiary alicyclic amines) is 1. The highest BCUT2D eigenvalue weighted by molar-refractivity contribution is 5.54. The fraction of sp³-hybridized carbons (Fsp3) is 0.529. The summed E-state index contributed by atoms with van der Waals surface area (Å²) in [5.41, 5.74) is 2.26. The second-order valence-corrected chi connectivity index (χ2v) is 6.36. The summed E-state index contributed by atoms with van der Waals surface area (Å²) in [6.07, 6.45) is 3.92. The van der Waals surface area contributed by atoms with Crippen molar-refractivity contribution < 1.29 is 9.42 Å². The van der Waals surface area contributed by atoms with Crippen LogP contribution in [0.15, 0.2) is 28.8 Å². The van der Waals surface area contributed by atoms with Gasteiger partial charge in [0.05, 0.1) is 12.1 Å². The van der Waals surface area contributed by atoms with E-state index in [4.69, 9.17) is 4.52 Å². The van der Waals surface area contributed by atoms with Crippen LogP contribution in [0.3, 0.4) is 0 Å². The molecule has 1 aromatic carbocycles. The Morgan fingerprint density at radius 1 is 1.14 bits per heavy atom. The summed E-state index contributed by atoms with van der Waals surface area (Å²) in [5, 5.41) is 4.13. The lowest BCUT2D eigenvalue weighted by Crippen LogP contribution is -3.18. The number of rotatable bonds is 3. The Kier molecular flexibility index (Phi) is 4.06. The Balaban J connectivity index is 1.74. The van der Waals surface area contributed by atoms with Crippen LogP contribution in [-0.2, 0) is 6.54 Å². The number of benzene rings is 1. The van der Waals surface area contributed by atoms with E-state index in [-0.39, 0.29) is 0 Å². The maximum atomic E-state index is 5.47. The maximum Gasteiger partial charge on any atom is 0.282 e. The standard InChI is InChI=1S/C17H23N3O/c1-12-7-9-15(10-8-12)17-18-16(21-19-17)11-20-13(2)5-4-6-14(20)3/h7-10,13-14H,4-6,11H2,1-3H3/p+1/t13-,14-/m0/s1. The van der Waals surface area contributed by atoms with Gasteiger partial charge in [-0.3, -0.25) is 0 Å². The molecule has 0 saturated carbocycles. The molecule has 1 aromatic heterocycles. The molecule has 2 aromatic rings. The topological polar surface area (TPSA) is 43.4 Å². The van der Waals surface area contributed by atoms with Crippen LogP contribution < -0.4 is 4.90 Å². The summed E-state index contributed by atoms with van der Waals surface area (Å²) in [7, 11) is 0. The molecule has 3 rings (SSSR count). The highest BCUT2D eigenvalue weighted by Gasteiger charge is 2.30. The summed E-state index contributed by atoms with van der Waals surface area (Å²) in [5.74, 6) is 1.45. The predicted octanol–water partition coefficient (Wildman–Crippen LogP) is 2.39. The van der Waals surface area contributed by atoms with E-state index in [1.54, 1.807) is 4.90 Å². The van der Waals surface area contributed by atoms with Gasteiger partial charge in [-0.1, -0.05) is 35.0 Å². The zero-order chi connectivity index (χ0) is 14.8. The second kappa shape index (κ2) is 5.98. The quantitative estimate of drug-likeness (QED) is 0.942. The molecule has 0 amide bonds. The minimum atomic E-state index is 0.670. The Labute approximate surface area is 126 Å². The third-order valence-electron chi connectivity index (χ3n) is 4.67. The fourth-order valence-electron chi connectivity index (χ4n) is 3.26. The average Bonchev–Trinajstić information content (AvgIpc) is 2.92. The van der Waals surface area contributed by atoms with Gasteiger partial charge in [-0.2, -0.15) is 4.98 Å². The first-order valence-electron chi connectivity index (χ1n) is 7.88. The summed E-state index contributed by atoms with van der Waals surface area (Å²) in [6, 6.07) is 9.58. The van der Waals surface area contributed by atoms with E-state index in [0.717, 1.165) is 18.0 Å². The molecule has 1 fully saturated rings. The van der Waals surface area contributed by atoms with Crippen LogP contribution in [0.5, 0.6) is 0 Å². The Hall–Kier alpha value is -1.68.